The van der Waals surface area contributed by atoms with Crippen LogP contribution in [0.25, 0.3) is 11.6 Å². The highest BCUT2D eigenvalue weighted by molar-refractivity contribution is 5.69. The predicted octanol–water partition coefficient (Wildman–Crippen LogP) is 3.43. The SMILES string of the molecule is COc1ccc(Oc2nc(-c3noc(=O)[nH]3)ncc2NC[C@@H]2CCCN2C(=O)OC(C)(C)C)cc1. The lowest BCUT2D eigenvalue weighted by Gasteiger charge is -2.29. The van der Waals surface area contributed by atoms with Crippen molar-refractivity contribution in [1.29, 1.82) is 0 Å². The number of H-pyrrole nitrogens is 1. The summed E-state index contributed by atoms with van der Waals surface area (Å²) in [6.07, 6.45) is 2.91. The molecule has 2 aromatic heterocycles. The summed E-state index contributed by atoms with van der Waals surface area (Å²) in [5, 5.41) is 6.93. The average Bonchev–Trinajstić information content (AvgIpc) is 3.46. The molecule has 0 saturated carbocycles. The highest BCUT2D eigenvalue weighted by atomic mass is 16.6. The van der Waals surface area contributed by atoms with E-state index in [1.165, 1.54) is 6.20 Å². The Morgan fingerprint density at radius 1 is 1.26 bits per heavy atom. The first-order valence-electron chi connectivity index (χ1n) is 11.2. The lowest BCUT2D eigenvalue weighted by atomic mass is 10.2. The number of hydrogen-bond donors (Lipinski definition) is 2. The van der Waals surface area contributed by atoms with Gasteiger partial charge in [-0.15, -0.1) is 0 Å². The number of nitrogens with zero attached hydrogens (tertiary/aromatic N) is 4. The van der Waals surface area contributed by atoms with Gasteiger partial charge in [0, 0.05) is 13.1 Å². The number of likely N-dealkylation sites (tertiary alicyclic amines) is 1. The highest BCUT2D eigenvalue weighted by Crippen LogP contribution is 2.30. The first-order valence-corrected chi connectivity index (χ1v) is 11.2. The van der Waals surface area contributed by atoms with Crippen molar-refractivity contribution in [3.63, 3.8) is 0 Å². The quantitative estimate of drug-likeness (QED) is 0.511. The Kier molecular flexibility index (Phi) is 6.90. The average molecular weight is 485 g/mol. The van der Waals surface area contributed by atoms with E-state index in [0.29, 0.717) is 30.3 Å². The maximum Gasteiger partial charge on any atom is 0.439 e. The van der Waals surface area contributed by atoms with Gasteiger partial charge >= 0.3 is 11.8 Å². The zero-order valence-corrected chi connectivity index (χ0v) is 20.0. The molecule has 0 bridgehead atoms. The normalized spacial score (nSPS) is 15.7. The second-order valence-electron chi connectivity index (χ2n) is 8.98. The fourth-order valence-electron chi connectivity index (χ4n) is 3.60. The van der Waals surface area contributed by atoms with E-state index in [1.54, 1.807) is 36.3 Å². The zero-order valence-electron chi connectivity index (χ0n) is 20.0. The number of aromatic amines is 1. The van der Waals surface area contributed by atoms with Crippen molar-refractivity contribution in [1.82, 2.24) is 25.0 Å². The zero-order chi connectivity index (χ0) is 25.0. The summed E-state index contributed by atoms with van der Waals surface area (Å²) < 4.78 is 21.3. The van der Waals surface area contributed by atoms with Crippen LogP contribution < -0.4 is 20.5 Å². The van der Waals surface area contributed by atoms with Crippen LogP contribution in [0.1, 0.15) is 33.6 Å². The molecule has 0 unspecified atom stereocenters. The summed E-state index contributed by atoms with van der Waals surface area (Å²) in [5.74, 6) is 0.901. The number of carbonyl (C=O) groups is 1. The minimum atomic E-state index is -0.716. The van der Waals surface area contributed by atoms with Crippen molar-refractivity contribution >= 4 is 11.8 Å². The van der Waals surface area contributed by atoms with Crippen molar-refractivity contribution in [3.05, 3.63) is 41.0 Å². The number of ether oxygens (including phenoxy) is 3. The second-order valence-corrected chi connectivity index (χ2v) is 8.98. The van der Waals surface area contributed by atoms with Crippen molar-refractivity contribution in [2.75, 3.05) is 25.5 Å². The maximum atomic E-state index is 12.6. The lowest BCUT2D eigenvalue weighted by Crippen LogP contribution is -2.42. The molecular weight excluding hydrogens is 456 g/mol. The summed E-state index contributed by atoms with van der Waals surface area (Å²) in [6.45, 7) is 6.61. The molecule has 1 aliphatic heterocycles. The molecule has 0 spiro atoms. The number of methoxy groups -OCH3 is 1. The molecule has 1 aromatic carbocycles. The first-order chi connectivity index (χ1) is 16.7. The third-order valence-electron chi connectivity index (χ3n) is 5.21. The smallest absolute Gasteiger partial charge is 0.439 e. The Labute approximate surface area is 201 Å². The number of anilines is 1. The van der Waals surface area contributed by atoms with Crippen LogP contribution >= 0.6 is 0 Å². The minimum absolute atomic E-state index is 0.0646. The van der Waals surface area contributed by atoms with E-state index in [0.717, 1.165) is 12.8 Å². The third-order valence-corrected chi connectivity index (χ3v) is 5.21. The predicted molar refractivity (Wildman–Crippen MR) is 126 cm³/mol. The van der Waals surface area contributed by atoms with Crippen molar-refractivity contribution in [3.8, 4) is 29.0 Å². The second kappa shape index (κ2) is 10.0. The molecule has 0 radical (unpaired) electrons. The van der Waals surface area contributed by atoms with Crippen molar-refractivity contribution in [2.24, 2.45) is 0 Å². The third kappa shape index (κ3) is 6.08. The molecule has 1 fully saturated rings. The van der Waals surface area contributed by atoms with Gasteiger partial charge in [-0.1, -0.05) is 5.16 Å². The van der Waals surface area contributed by atoms with E-state index in [2.05, 4.69) is 29.9 Å². The molecule has 1 amide bonds. The largest absolute Gasteiger partial charge is 0.497 e. The molecule has 4 rings (SSSR count). The topological polar surface area (TPSA) is 145 Å². The standard InChI is InChI=1S/C23H28N6O6/c1-23(2,3)34-22(31)29-11-5-6-14(29)12-24-17-13-25-18(19-27-21(30)35-28-19)26-20(17)33-16-9-7-15(32-4)8-10-16/h7-10,13-14,24H,5-6,11-12H2,1-4H3,(H,27,28,30)/t14-/m0/s1. The van der Waals surface area contributed by atoms with Crippen molar-refractivity contribution < 1.29 is 23.5 Å². The van der Waals surface area contributed by atoms with Gasteiger partial charge in [-0.2, -0.15) is 4.98 Å². The number of benzene rings is 1. The van der Waals surface area contributed by atoms with Crippen LogP contribution in [0.4, 0.5) is 10.5 Å². The van der Waals surface area contributed by atoms with Crippen molar-refractivity contribution in [2.45, 2.75) is 45.3 Å². The molecule has 1 atom stereocenters. The Morgan fingerprint density at radius 3 is 2.66 bits per heavy atom. The van der Waals surface area contributed by atoms with E-state index in [4.69, 9.17) is 14.2 Å². The Bertz CT molecular complexity index is 1220. The Hall–Kier alpha value is -4.09. The van der Waals surface area contributed by atoms with E-state index in [-0.39, 0.29) is 29.7 Å². The molecule has 186 valence electrons. The van der Waals surface area contributed by atoms with Gasteiger partial charge in [-0.3, -0.25) is 9.51 Å². The number of amides is 1. The van der Waals surface area contributed by atoms with Crippen LogP contribution in [-0.4, -0.2) is 62.9 Å². The van der Waals surface area contributed by atoms with Gasteiger partial charge in [0.25, 0.3) is 0 Å². The van der Waals surface area contributed by atoms with Gasteiger partial charge in [0.2, 0.25) is 17.5 Å². The Balaban J connectivity index is 1.54. The van der Waals surface area contributed by atoms with Crippen LogP contribution in [-0.2, 0) is 4.74 Å². The maximum absolute atomic E-state index is 12.6. The van der Waals surface area contributed by atoms with Gasteiger partial charge in [0.15, 0.2) is 0 Å². The van der Waals surface area contributed by atoms with Gasteiger partial charge < -0.3 is 24.4 Å². The summed E-state index contributed by atoms with van der Waals surface area (Å²) in [5.41, 5.74) is -0.0607. The molecule has 1 saturated heterocycles. The molecular formula is C23H28N6O6. The molecule has 12 heteroatoms. The van der Waals surface area contributed by atoms with E-state index in [1.807, 2.05) is 20.8 Å². The molecule has 35 heavy (non-hydrogen) atoms. The van der Waals surface area contributed by atoms with Gasteiger partial charge in [0.05, 0.1) is 19.3 Å². The lowest BCUT2D eigenvalue weighted by molar-refractivity contribution is 0.0235. The number of hydrogen-bond acceptors (Lipinski definition) is 10. The van der Waals surface area contributed by atoms with E-state index < -0.39 is 11.4 Å². The fourth-order valence-corrected chi connectivity index (χ4v) is 3.60. The number of carbonyl (C=O) groups excluding carboxylic acids is 1. The molecule has 2 N–H and O–H groups in total. The van der Waals surface area contributed by atoms with E-state index >= 15 is 0 Å². The van der Waals surface area contributed by atoms with Gasteiger partial charge in [0.1, 0.15) is 22.8 Å². The minimum Gasteiger partial charge on any atom is -0.497 e. The van der Waals surface area contributed by atoms with Gasteiger partial charge in [-0.25, -0.2) is 14.6 Å². The highest BCUT2D eigenvalue weighted by Gasteiger charge is 2.32. The Morgan fingerprint density at radius 2 is 2.00 bits per heavy atom. The first kappa shape index (κ1) is 24.0. The molecule has 0 aliphatic carbocycles. The van der Waals surface area contributed by atoms with Crippen LogP contribution in [0.2, 0.25) is 0 Å². The summed E-state index contributed by atoms with van der Waals surface area (Å²) in [6, 6.07) is 6.94. The van der Waals surface area contributed by atoms with E-state index in [9.17, 15) is 9.59 Å². The molecule has 1 aliphatic rings. The fraction of sp³-hybridized carbons (Fsp3) is 0.435. The summed E-state index contributed by atoms with van der Waals surface area (Å²) in [7, 11) is 1.58. The number of rotatable bonds is 7. The summed E-state index contributed by atoms with van der Waals surface area (Å²) >= 11 is 0. The molecule has 3 heterocycles. The van der Waals surface area contributed by atoms with Crippen LogP contribution in [0.3, 0.4) is 0 Å². The number of aromatic nitrogens is 4. The monoisotopic (exact) mass is 484 g/mol. The number of nitrogens with one attached hydrogen (secondary N) is 2. The van der Waals surface area contributed by atoms with Crippen LogP contribution in [0.15, 0.2) is 39.8 Å². The van der Waals surface area contributed by atoms with Crippen LogP contribution in [0.5, 0.6) is 17.4 Å². The molecule has 12 nitrogen and oxygen atoms in total. The van der Waals surface area contributed by atoms with Crippen LogP contribution in [0, 0.1) is 0 Å². The van der Waals surface area contributed by atoms with Gasteiger partial charge in [-0.05, 0) is 57.9 Å². The summed E-state index contributed by atoms with van der Waals surface area (Å²) in [4.78, 5) is 36.8. The molecule has 3 aromatic rings.